The number of rotatable bonds is 2. The Labute approximate surface area is 153 Å². The highest BCUT2D eigenvalue weighted by atomic mass is 32.1. The molecule has 1 aliphatic rings. The topological polar surface area (TPSA) is 57.9 Å². The van der Waals surface area contributed by atoms with Gasteiger partial charge in [-0.3, -0.25) is 14.0 Å². The number of hydrogen-bond acceptors (Lipinski definition) is 4. The molecule has 0 atom stereocenters. The van der Waals surface area contributed by atoms with Crippen LogP contribution in [0.3, 0.4) is 0 Å². The summed E-state index contributed by atoms with van der Waals surface area (Å²) in [6, 6.07) is 6.06. The molecule has 0 unspecified atom stereocenters. The maximum Gasteiger partial charge on any atom is 0.274 e. The first-order chi connectivity index (χ1) is 12.5. The number of amides is 2. The number of carbonyl (C=O) groups excluding carboxylic acids is 2. The minimum Gasteiger partial charge on any atom is -0.339 e. The van der Waals surface area contributed by atoms with Gasteiger partial charge in [-0.2, -0.15) is 0 Å². The lowest BCUT2D eigenvalue weighted by Gasteiger charge is -2.34. The Kier molecular flexibility index (Phi) is 4.20. The van der Waals surface area contributed by atoms with Gasteiger partial charge in [0.25, 0.3) is 5.91 Å². The SMILES string of the molecule is CC(=O)N1CCN(C(=O)c2nc3sccn3c2-c2ccc(F)cc2)CC1. The molecule has 1 aliphatic heterocycles. The van der Waals surface area contributed by atoms with E-state index >= 15 is 0 Å². The molecule has 2 aromatic heterocycles. The molecule has 26 heavy (non-hydrogen) atoms. The molecule has 8 heteroatoms. The van der Waals surface area contributed by atoms with E-state index in [1.165, 1.54) is 30.4 Å². The second kappa shape index (κ2) is 6.53. The number of hydrogen-bond donors (Lipinski definition) is 0. The minimum absolute atomic E-state index is 0.0200. The van der Waals surface area contributed by atoms with Crippen LogP contribution in [-0.4, -0.2) is 57.2 Å². The van der Waals surface area contributed by atoms with Gasteiger partial charge in [0.1, 0.15) is 5.82 Å². The predicted molar refractivity (Wildman–Crippen MR) is 96.6 cm³/mol. The molecule has 0 radical (unpaired) electrons. The number of halogens is 1. The minimum atomic E-state index is -0.326. The van der Waals surface area contributed by atoms with Crippen molar-refractivity contribution in [1.29, 1.82) is 0 Å². The molecule has 6 nitrogen and oxygen atoms in total. The van der Waals surface area contributed by atoms with Crippen LogP contribution in [0, 0.1) is 5.82 Å². The zero-order chi connectivity index (χ0) is 18.3. The Morgan fingerprint density at radius 1 is 1.08 bits per heavy atom. The summed E-state index contributed by atoms with van der Waals surface area (Å²) in [6.07, 6.45) is 1.86. The van der Waals surface area contributed by atoms with Gasteiger partial charge in [0.05, 0.1) is 5.69 Å². The molecule has 1 aromatic carbocycles. The molecule has 0 saturated carbocycles. The van der Waals surface area contributed by atoms with Crippen LogP contribution in [0.15, 0.2) is 35.8 Å². The lowest BCUT2D eigenvalue weighted by atomic mass is 10.1. The molecule has 0 N–H and O–H groups in total. The summed E-state index contributed by atoms with van der Waals surface area (Å²) in [5, 5.41) is 1.90. The third-order valence-corrected chi connectivity index (χ3v) is 5.35. The van der Waals surface area contributed by atoms with Gasteiger partial charge in [-0.05, 0) is 24.3 Å². The molecular weight excluding hydrogens is 355 g/mol. The van der Waals surface area contributed by atoms with E-state index in [1.807, 2.05) is 16.0 Å². The van der Waals surface area contributed by atoms with Crippen LogP contribution in [0.1, 0.15) is 17.4 Å². The fourth-order valence-electron chi connectivity index (χ4n) is 3.19. The van der Waals surface area contributed by atoms with Crippen LogP contribution >= 0.6 is 11.3 Å². The van der Waals surface area contributed by atoms with Crippen molar-refractivity contribution in [3.05, 3.63) is 47.4 Å². The van der Waals surface area contributed by atoms with E-state index < -0.39 is 0 Å². The number of imidazole rings is 1. The number of aromatic nitrogens is 2. The second-order valence-electron chi connectivity index (χ2n) is 6.17. The van der Waals surface area contributed by atoms with Crippen molar-refractivity contribution < 1.29 is 14.0 Å². The number of piperazine rings is 1. The summed E-state index contributed by atoms with van der Waals surface area (Å²) in [5.74, 6) is -0.469. The summed E-state index contributed by atoms with van der Waals surface area (Å²) in [5.41, 5.74) is 1.77. The van der Waals surface area contributed by atoms with E-state index in [2.05, 4.69) is 4.98 Å². The van der Waals surface area contributed by atoms with E-state index in [-0.39, 0.29) is 17.6 Å². The molecule has 1 saturated heterocycles. The van der Waals surface area contributed by atoms with Gasteiger partial charge in [-0.1, -0.05) is 0 Å². The molecule has 134 valence electrons. The first-order valence-electron chi connectivity index (χ1n) is 8.31. The standard InChI is InChI=1S/C18H17FN4O2S/c1-12(24)21-6-8-22(9-7-21)17(25)15-16(13-2-4-14(19)5-3-13)23-10-11-26-18(23)20-15/h2-5,10-11H,6-9H2,1H3. The zero-order valence-electron chi connectivity index (χ0n) is 14.2. The first kappa shape index (κ1) is 16.7. The van der Waals surface area contributed by atoms with Crippen molar-refractivity contribution in [2.75, 3.05) is 26.2 Å². The highest BCUT2D eigenvalue weighted by Gasteiger charge is 2.28. The van der Waals surface area contributed by atoms with Gasteiger partial charge >= 0.3 is 0 Å². The van der Waals surface area contributed by atoms with E-state index in [9.17, 15) is 14.0 Å². The molecule has 4 rings (SSSR count). The van der Waals surface area contributed by atoms with Gasteiger partial charge in [0.15, 0.2) is 10.7 Å². The molecule has 3 aromatic rings. The van der Waals surface area contributed by atoms with Crippen molar-refractivity contribution in [3.8, 4) is 11.3 Å². The normalized spacial score (nSPS) is 14.8. The Morgan fingerprint density at radius 3 is 2.38 bits per heavy atom. The van der Waals surface area contributed by atoms with Crippen LogP contribution in [0.2, 0.25) is 0 Å². The number of thiazole rings is 1. The fraction of sp³-hybridized carbons (Fsp3) is 0.278. The first-order valence-corrected chi connectivity index (χ1v) is 9.19. The number of fused-ring (bicyclic) bond motifs is 1. The van der Waals surface area contributed by atoms with Gasteiger partial charge in [0.2, 0.25) is 5.91 Å². The lowest BCUT2D eigenvalue weighted by molar-refractivity contribution is -0.130. The number of nitrogens with zero attached hydrogens (tertiary/aromatic N) is 4. The fourth-order valence-corrected chi connectivity index (χ4v) is 3.91. The summed E-state index contributed by atoms with van der Waals surface area (Å²) in [7, 11) is 0. The molecular formula is C18H17FN4O2S. The van der Waals surface area contributed by atoms with E-state index in [0.717, 1.165) is 10.5 Å². The Bertz CT molecular complexity index is 971. The molecule has 2 amide bonds. The average Bonchev–Trinajstić information content (AvgIpc) is 3.23. The van der Waals surface area contributed by atoms with E-state index in [1.54, 1.807) is 21.9 Å². The Morgan fingerprint density at radius 2 is 1.73 bits per heavy atom. The summed E-state index contributed by atoms with van der Waals surface area (Å²) in [4.78, 5) is 33.2. The van der Waals surface area contributed by atoms with Gasteiger partial charge in [-0.15, -0.1) is 11.3 Å². The van der Waals surface area contributed by atoms with Crippen LogP contribution < -0.4 is 0 Å². The second-order valence-corrected chi connectivity index (χ2v) is 7.04. The highest BCUT2D eigenvalue weighted by molar-refractivity contribution is 7.15. The van der Waals surface area contributed by atoms with E-state index in [0.29, 0.717) is 37.6 Å². The van der Waals surface area contributed by atoms with Crippen molar-refractivity contribution >= 4 is 28.1 Å². The largest absolute Gasteiger partial charge is 0.339 e. The third-order valence-electron chi connectivity index (χ3n) is 4.59. The van der Waals surface area contributed by atoms with Crippen LogP contribution in [0.4, 0.5) is 4.39 Å². The van der Waals surface area contributed by atoms with Crippen molar-refractivity contribution in [2.45, 2.75) is 6.92 Å². The van der Waals surface area contributed by atoms with Gasteiger partial charge in [-0.25, -0.2) is 9.37 Å². The van der Waals surface area contributed by atoms with Crippen LogP contribution in [0.25, 0.3) is 16.2 Å². The monoisotopic (exact) mass is 372 g/mol. The lowest BCUT2D eigenvalue weighted by Crippen LogP contribution is -2.50. The highest BCUT2D eigenvalue weighted by Crippen LogP contribution is 2.29. The molecule has 3 heterocycles. The van der Waals surface area contributed by atoms with Crippen molar-refractivity contribution in [2.24, 2.45) is 0 Å². The maximum atomic E-state index is 13.3. The summed E-state index contributed by atoms with van der Waals surface area (Å²) >= 11 is 1.44. The number of carbonyl (C=O) groups is 2. The maximum absolute atomic E-state index is 13.3. The third kappa shape index (κ3) is 2.86. The van der Waals surface area contributed by atoms with Crippen LogP contribution in [0.5, 0.6) is 0 Å². The van der Waals surface area contributed by atoms with Crippen molar-refractivity contribution in [3.63, 3.8) is 0 Å². The quantitative estimate of drug-likeness (QED) is 0.695. The summed E-state index contributed by atoms with van der Waals surface area (Å²) < 4.78 is 15.2. The van der Waals surface area contributed by atoms with Gasteiger partial charge < -0.3 is 9.80 Å². The summed E-state index contributed by atoms with van der Waals surface area (Å²) in [6.45, 7) is 3.54. The smallest absolute Gasteiger partial charge is 0.274 e. The zero-order valence-corrected chi connectivity index (χ0v) is 15.0. The Hall–Kier alpha value is -2.74. The van der Waals surface area contributed by atoms with Gasteiger partial charge in [0, 0.05) is 50.2 Å². The van der Waals surface area contributed by atoms with Crippen LogP contribution in [-0.2, 0) is 4.79 Å². The Balaban J connectivity index is 1.69. The average molecular weight is 372 g/mol. The molecule has 0 spiro atoms. The molecule has 0 bridgehead atoms. The molecule has 0 aliphatic carbocycles. The van der Waals surface area contributed by atoms with E-state index in [4.69, 9.17) is 0 Å². The van der Waals surface area contributed by atoms with Crippen molar-refractivity contribution in [1.82, 2.24) is 19.2 Å². The molecule has 1 fully saturated rings. The predicted octanol–water partition coefficient (Wildman–Crippen LogP) is 2.51. The number of benzene rings is 1.